The number of rotatable bonds is 6. The SMILES string of the molecule is CC(C)C(=O)NC1CC(C(=O)NCCC2(F)CC2)C1. The molecule has 0 heterocycles. The van der Waals surface area contributed by atoms with Gasteiger partial charge in [-0.15, -0.1) is 0 Å². The van der Waals surface area contributed by atoms with Gasteiger partial charge in [0.2, 0.25) is 11.8 Å². The number of hydrogen-bond donors (Lipinski definition) is 2. The second-order valence-electron chi connectivity index (χ2n) is 6.22. The lowest BCUT2D eigenvalue weighted by molar-refractivity contribution is -0.131. The fourth-order valence-corrected chi connectivity index (χ4v) is 2.26. The van der Waals surface area contributed by atoms with Gasteiger partial charge in [-0.1, -0.05) is 13.8 Å². The Bertz CT molecular complexity index is 360. The summed E-state index contributed by atoms with van der Waals surface area (Å²) in [5, 5.41) is 5.70. The van der Waals surface area contributed by atoms with Crippen molar-refractivity contribution in [2.75, 3.05) is 6.54 Å². The van der Waals surface area contributed by atoms with E-state index in [2.05, 4.69) is 10.6 Å². The van der Waals surface area contributed by atoms with Crippen molar-refractivity contribution in [3.63, 3.8) is 0 Å². The van der Waals surface area contributed by atoms with E-state index >= 15 is 0 Å². The average molecular weight is 270 g/mol. The van der Waals surface area contributed by atoms with Crippen molar-refractivity contribution >= 4 is 11.8 Å². The maximum atomic E-state index is 13.3. The summed E-state index contributed by atoms with van der Waals surface area (Å²) in [5.41, 5.74) is -0.999. The molecule has 0 aromatic carbocycles. The Morgan fingerprint density at radius 3 is 2.47 bits per heavy atom. The second-order valence-corrected chi connectivity index (χ2v) is 6.22. The van der Waals surface area contributed by atoms with Crippen LogP contribution in [0.3, 0.4) is 0 Å². The van der Waals surface area contributed by atoms with Gasteiger partial charge in [0.05, 0.1) is 0 Å². The maximum Gasteiger partial charge on any atom is 0.223 e. The molecule has 108 valence electrons. The Hall–Kier alpha value is -1.13. The highest BCUT2D eigenvalue weighted by atomic mass is 19.1. The van der Waals surface area contributed by atoms with Crippen LogP contribution in [0.4, 0.5) is 4.39 Å². The predicted molar refractivity (Wildman–Crippen MR) is 70.2 cm³/mol. The minimum absolute atomic E-state index is 0.000652. The van der Waals surface area contributed by atoms with E-state index in [4.69, 9.17) is 0 Å². The lowest BCUT2D eigenvalue weighted by Gasteiger charge is -2.35. The number of hydrogen-bond acceptors (Lipinski definition) is 2. The molecule has 0 aromatic heterocycles. The molecule has 0 bridgehead atoms. The Labute approximate surface area is 113 Å². The Morgan fingerprint density at radius 1 is 1.32 bits per heavy atom. The summed E-state index contributed by atoms with van der Waals surface area (Å²) >= 11 is 0. The summed E-state index contributed by atoms with van der Waals surface area (Å²) in [7, 11) is 0. The molecule has 0 aromatic rings. The van der Waals surface area contributed by atoms with Crippen LogP contribution in [0, 0.1) is 11.8 Å². The zero-order valence-electron chi connectivity index (χ0n) is 11.7. The molecule has 2 N–H and O–H groups in total. The predicted octanol–water partition coefficient (Wildman–Crippen LogP) is 1.55. The molecule has 0 spiro atoms. The van der Waals surface area contributed by atoms with Gasteiger partial charge in [0.1, 0.15) is 5.67 Å². The molecule has 2 aliphatic carbocycles. The molecular weight excluding hydrogens is 247 g/mol. The summed E-state index contributed by atoms with van der Waals surface area (Å²) in [6.45, 7) is 4.13. The molecule has 2 amide bonds. The third-order valence-electron chi connectivity index (χ3n) is 4.04. The van der Waals surface area contributed by atoms with Crippen molar-refractivity contribution < 1.29 is 14.0 Å². The van der Waals surface area contributed by atoms with Crippen LogP contribution in [-0.4, -0.2) is 30.1 Å². The van der Waals surface area contributed by atoms with Crippen LogP contribution in [-0.2, 0) is 9.59 Å². The molecule has 0 atom stereocenters. The topological polar surface area (TPSA) is 58.2 Å². The van der Waals surface area contributed by atoms with Crippen LogP contribution in [0.25, 0.3) is 0 Å². The van der Waals surface area contributed by atoms with Crippen LogP contribution in [0.2, 0.25) is 0 Å². The van der Waals surface area contributed by atoms with Gasteiger partial charge in [0.25, 0.3) is 0 Å². The standard InChI is InChI=1S/C14H23FN2O2/c1-9(2)12(18)17-11-7-10(8-11)13(19)16-6-5-14(15)3-4-14/h9-11H,3-8H2,1-2H3,(H,16,19)(H,17,18). The summed E-state index contributed by atoms with van der Waals surface area (Å²) in [5.74, 6) is -0.00403. The molecular formula is C14H23FN2O2. The number of nitrogens with one attached hydrogen (secondary N) is 2. The maximum absolute atomic E-state index is 13.3. The largest absolute Gasteiger partial charge is 0.356 e. The summed E-state index contributed by atoms with van der Waals surface area (Å²) in [6.07, 6.45) is 3.10. The monoisotopic (exact) mass is 270 g/mol. The summed E-state index contributed by atoms with van der Waals surface area (Å²) < 4.78 is 13.3. The molecule has 2 rings (SSSR count). The fraction of sp³-hybridized carbons (Fsp3) is 0.857. The normalized spacial score (nSPS) is 27.6. The first-order chi connectivity index (χ1) is 8.89. The van der Waals surface area contributed by atoms with E-state index in [-0.39, 0.29) is 29.7 Å². The molecule has 4 nitrogen and oxygen atoms in total. The fourth-order valence-electron chi connectivity index (χ4n) is 2.26. The van der Waals surface area contributed by atoms with E-state index in [9.17, 15) is 14.0 Å². The zero-order valence-corrected chi connectivity index (χ0v) is 11.7. The number of carbonyl (C=O) groups is 2. The van der Waals surface area contributed by atoms with E-state index in [1.807, 2.05) is 13.8 Å². The summed E-state index contributed by atoms with van der Waals surface area (Å²) in [6, 6.07) is 0.126. The zero-order chi connectivity index (χ0) is 14.0. The first-order valence-electron chi connectivity index (χ1n) is 7.17. The van der Waals surface area contributed by atoms with E-state index in [1.54, 1.807) is 0 Å². The molecule has 0 radical (unpaired) electrons. The summed E-state index contributed by atoms with van der Waals surface area (Å²) in [4.78, 5) is 23.2. The third kappa shape index (κ3) is 3.91. The number of carbonyl (C=O) groups excluding carboxylic acids is 2. The highest BCUT2D eigenvalue weighted by Gasteiger charge is 2.42. The van der Waals surface area contributed by atoms with Crippen LogP contribution >= 0.6 is 0 Å². The van der Waals surface area contributed by atoms with Crippen LogP contribution in [0.15, 0.2) is 0 Å². The Kier molecular flexibility index (Phi) is 4.11. The molecule has 2 fully saturated rings. The van der Waals surface area contributed by atoms with Crippen molar-refractivity contribution in [3.05, 3.63) is 0 Å². The Morgan fingerprint density at radius 2 is 1.95 bits per heavy atom. The van der Waals surface area contributed by atoms with Gasteiger partial charge in [-0.2, -0.15) is 0 Å². The van der Waals surface area contributed by atoms with Crippen molar-refractivity contribution in [1.82, 2.24) is 10.6 Å². The number of halogens is 1. The van der Waals surface area contributed by atoms with Gasteiger partial charge in [-0.3, -0.25) is 9.59 Å². The minimum atomic E-state index is -0.999. The van der Waals surface area contributed by atoms with E-state index in [0.717, 1.165) is 0 Å². The second kappa shape index (κ2) is 5.47. The van der Waals surface area contributed by atoms with Crippen molar-refractivity contribution in [1.29, 1.82) is 0 Å². The van der Waals surface area contributed by atoms with Crippen molar-refractivity contribution in [2.24, 2.45) is 11.8 Å². The minimum Gasteiger partial charge on any atom is -0.356 e. The number of alkyl halides is 1. The molecule has 2 saturated carbocycles. The third-order valence-corrected chi connectivity index (χ3v) is 4.04. The smallest absolute Gasteiger partial charge is 0.223 e. The lowest BCUT2D eigenvalue weighted by atomic mass is 9.79. The van der Waals surface area contributed by atoms with Gasteiger partial charge in [-0.05, 0) is 32.1 Å². The molecule has 19 heavy (non-hydrogen) atoms. The first kappa shape index (κ1) is 14.3. The van der Waals surface area contributed by atoms with Crippen LogP contribution in [0.1, 0.15) is 46.0 Å². The molecule has 5 heteroatoms. The van der Waals surface area contributed by atoms with Gasteiger partial charge in [-0.25, -0.2) is 4.39 Å². The quantitative estimate of drug-likeness (QED) is 0.769. The van der Waals surface area contributed by atoms with E-state index in [0.29, 0.717) is 38.6 Å². The first-order valence-corrected chi connectivity index (χ1v) is 7.17. The van der Waals surface area contributed by atoms with Gasteiger partial charge in [0.15, 0.2) is 0 Å². The van der Waals surface area contributed by atoms with Gasteiger partial charge in [0, 0.05) is 24.4 Å². The lowest BCUT2D eigenvalue weighted by Crippen LogP contribution is -2.50. The highest BCUT2D eigenvalue weighted by Crippen LogP contribution is 2.42. The molecule has 0 saturated heterocycles. The number of amides is 2. The van der Waals surface area contributed by atoms with Crippen LogP contribution < -0.4 is 10.6 Å². The molecule has 0 aliphatic heterocycles. The van der Waals surface area contributed by atoms with Crippen molar-refractivity contribution in [3.8, 4) is 0 Å². The van der Waals surface area contributed by atoms with Crippen molar-refractivity contribution in [2.45, 2.75) is 57.7 Å². The Balaban J connectivity index is 1.58. The van der Waals surface area contributed by atoms with Gasteiger partial charge < -0.3 is 10.6 Å². The molecule has 2 aliphatic rings. The van der Waals surface area contributed by atoms with Crippen LogP contribution in [0.5, 0.6) is 0 Å². The average Bonchev–Trinajstić information content (AvgIpc) is 3.00. The molecule has 0 unspecified atom stereocenters. The van der Waals surface area contributed by atoms with E-state index < -0.39 is 5.67 Å². The van der Waals surface area contributed by atoms with Gasteiger partial charge >= 0.3 is 0 Å². The van der Waals surface area contributed by atoms with E-state index in [1.165, 1.54) is 0 Å². The highest BCUT2D eigenvalue weighted by molar-refractivity contribution is 5.81.